The molecule has 3 aromatic carbocycles. The molecule has 1 N–H and O–H groups in total. The van der Waals surface area contributed by atoms with Crippen LogP contribution in [0.4, 0.5) is 0 Å². The molecule has 3 atom stereocenters. The van der Waals surface area contributed by atoms with Crippen LogP contribution in [0.1, 0.15) is 23.1 Å². The van der Waals surface area contributed by atoms with Gasteiger partial charge in [-0.1, -0.05) is 91.0 Å². The first-order chi connectivity index (χ1) is 17.3. The Morgan fingerprint density at radius 2 is 1.17 bits per heavy atom. The summed E-state index contributed by atoms with van der Waals surface area (Å²) in [6.45, 7) is 1.53. The summed E-state index contributed by atoms with van der Waals surface area (Å²) in [6.07, 6.45) is -0.745. The molecule has 186 valence electrons. The van der Waals surface area contributed by atoms with Crippen LogP contribution in [0.15, 0.2) is 91.0 Å². The number of aliphatic hydroxyl groups excluding tert-OH is 1. The van der Waals surface area contributed by atoms with E-state index in [2.05, 4.69) is 12.1 Å². The SMILES string of the molecule is O[C@@H](COCc1ccccc1)[C@H](OCc1ccccc1)[C@H](CC1SCCS1)OCc1ccccc1. The van der Waals surface area contributed by atoms with Crippen molar-refractivity contribution in [1.82, 2.24) is 0 Å². The highest BCUT2D eigenvalue weighted by molar-refractivity contribution is 8.20. The van der Waals surface area contributed by atoms with Crippen LogP contribution in [0.3, 0.4) is 0 Å². The topological polar surface area (TPSA) is 47.9 Å². The average Bonchev–Trinajstić information content (AvgIpc) is 3.42. The van der Waals surface area contributed by atoms with Crippen molar-refractivity contribution >= 4 is 23.5 Å². The molecule has 1 saturated heterocycles. The van der Waals surface area contributed by atoms with Gasteiger partial charge in [-0.15, -0.1) is 23.5 Å². The fourth-order valence-electron chi connectivity index (χ4n) is 4.01. The van der Waals surface area contributed by atoms with Crippen molar-refractivity contribution in [2.45, 2.75) is 49.1 Å². The summed E-state index contributed by atoms with van der Waals surface area (Å²) < 4.78 is 19.2. The molecule has 1 aliphatic rings. The summed E-state index contributed by atoms with van der Waals surface area (Å²) in [5.74, 6) is 2.30. The number of hydrogen-bond acceptors (Lipinski definition) is 6. The molecule has 35 heavy (non-hydrogen) atoms. The van der Waals surface area contributed by atoms with E-state index in [4.69, 9.17) is 14.2 Å². The monoisotopic (exact) mass is 510 g/mol. The molecule has 3 aromatic rings. The molecule has 1 aliphatic heterocycles. The van der Waals surface area contributed by atoms with Gasteiger partial charge in [0.2, 0.25) is 0 Å². The second-order valence-electron chi connectivity index (χ2n) is 8.57. The van der Waals surface area contributed by atoms with E-state index in [0.717, 1.165) is 34.6 Å². The van der Waals surface area contributed by atoms with Gasteiger partial charge in [-0.05, 0) is 23.1 Å². The van der Waals surface area contributed by atoms with Gasteiger partial charge in [0.05, 0.1) is 37.1 Å². The third-order valence-electron chi connectivity index (χ3n) is 5.85. The number of hydrogen-bond donors (Lipinski definition) is 1. The van der Waals surface area contributed by atoms with Gasteiger partial charge >= 0.3 is 0 Å². The van der Waals surface area contributed by atoms with Crippen LogP contribution in [-0.2, 0) is 34.0 Å². The third-order valence-corrected chi connectivity index (χ3v) is 8.94. The second-order valence-corrected chi connectivity index (χ2v) is 11.5. The minimum atomic E-state index is -0.806. The zero-order chi connectivity index (χ0) is 24.1. The molecular weight excluding hydrogens is 476 g/mol. The number of benzene rings is 3. The van der Waals surface area contributed by atoms with Crippen LogP contribution in [0.2, 0.25) is 0 Å². The molecule has 0 aromatic heterocycles. The molecule has 0 amide bonds. The molecule has 0 unspecified atom stereocenters. The van der Waals surface area contributed by atoms with E-state index in [1.165, 1.54) is 0 Å². The van der Waals surface area contributed by atoms with Gasteiger partial charge in [0, 0.05) is 11.5 Å². The second kappa shape index (κ2) is 14.7. The van der Waals surface area contributed by atoms with E-state index in [-0.39, 0.29) is 12.7 Å². The van der Waals surface area contributed by atoms with Gasteiger partial charge < -0.3 is 19.3 Å². The van der Waals surface area contributed by atoms with E-state index >= 15 is 0 Å². The molecule has 0 saturated carbocycles. The fourth-order valence-corrected chi connectivity index (χ4v) is 6.92. The predicted octanol–water partition coefficient (Wildman–Crippen LogP) is 5.93. The molecule has 1 heterocycles. The van der Waals surface area contributed by atoms with Gasteiger partial charge in [-0.3, -0.25) is 0 Å². The Bertz CT molecular complexity index is 952. The summed E-state index contributed by atoms with van der Waals surface area (Å²) in [4.78, 5) is 0. The zero-order valence-corrected chi connectivity index (χ0v) is 21.5. The first-order valence-corrected chi connectivity index (χ1v) is 14.2. The minimum absolute atomic E-state index is 0.185. The Kier molecular flexibility index (Phi) is 11.0. The van der Waals surface area contributed by atoms with Gasteiger partial charge in [-0.25, -0.2) is 0 Å². The first-order valence-electron chi connectivity index (χ1n) is 12.1. The van der Waals surface area contributed by atoms with E-state index in [1.807, 2.05) is 102 Å². The van der Waals surface area contributed by atoms with Crippen LogP contribution < -0.4 is 0 Å². The number of rotatable bonds is 14. The lowest BCUT2D eigenvalue weighted by Crippen LogP contribution is -2.44. The summed E-state index contributed by atoms with van der Waals surface area (Å²) in [5.41, 5.74) is 3.26. The normalized spacial score (nSPS) is 16.7. The molecule has 4 rings (SSSR count). The molecule has 6 heteroatoms. The van der Waals surface area contributed by atoms with Crippen molar-refractivity contribution < 1.29 is 19.3 Å². The number of aliphatic hydroxyl groups is 1. The highest BCUT2D eigenvalue weighted by Gasteiger charge is 2.34. The van der Waals surface area contributed by atoms with Crippen molar-refractivity contribution in [1.29, 1.82) is 0 Å². The maximum Gasteiger partial charge on any atom is 0.112 e. The van der Waals surface area contributed by atoms with Gasteiger partial charge in [0.15, 0.2) is 0 Å². The standard InChI is InChI=1S/C29H34O4S2/c30-26(22-31-19-23-10-4-1-5-11-23)29(33-21-25-14-8-3-9-15-25)27(18-28-34-16-17-35-28)32-20-24-12-6-2-7-13-24/h1-15,26-30H,16-22H2/t26-,27-,29-/m0/s1. The smallest absolute Gasteiger partial charge is 0.112 e. The van der Waals surface area contributed by atoms with E-state index < -0.39 is 12.2 Å². The van der Waals surface area contributed by atoms with Crippen LogP contribution in [-0.4, -0.2) is 46.1 Å². The molecule has 0 aliphatic carbocycles. The Morgan fingerprint density at radius 3 is 1.71 bits per heavy atom. The molecule has 4 nitrogen and oxygen atoms in total. The van der Waals surface area contributed by atoms with Crippen LogP contribution in [0, 0.1) is 0 Å². The molecule has 0 radical (unpaired) electrons. The third kappa shape index (κ3) is 8.98. The Labute approximate surface area is 217 Å². The maximum atomic E-state index is 11.3. The lowest BCUT2D eigenvalue weighted by Gasteiger charge is -2.32. The summed E-state index contributed by atoms with van der Waals surface area (Å²) in [5, 5.41) is 11.3. The quantitative estimate of drug-likeness (QED) is 0.290. The van der Waals surface area contributed by atoms with Crippen molar-refractivity contribution in [3.05, 3.63) is 108 Å². The highest BCUT2D eigenvalue weighted by atomic mass is 32.2. The Hall–Kier alpha value is -1.80. The zero-order valence-electron chi connectivity index (χ0n) is 19.9. The number of thioether (sulfide) groups is 2. The summed E-state index contributed by atoms with van der Waals surface area (Å²) in [7, 11) is 0. The molecular formula is C29H34O4S2. The fraction of sp³-hybridized carbons (Fsp3) is 0.379. The van der Waals surface area contributed by atoms with Gasteiger partial charge in [0.25, 0.3) is 0 Å². The molecule has 1 fully saturated rings. The summed E-state index contributed by atoms with van der Waals surface area (Å²) >= 11 is 3.93. The lowest BCUT2D eigenvalue weighted by atomic mass is 10.1. The Balaban J connectivity index is 1.45. The van der Waals surface area contributed by atoms with E-state index in [1.54, 1.807) is 0 Å². The predicted molar refractivity (Wildman–Crippen MR) is 145 cm³/mol. The van der Waals surface area contributed by atoms with Crippen molar-refractivity contribution in [2.75, 3.05) is 18.1 Å². The first kappa shape index (κ1) is 26.3. The van der Waals surface area contributed by atoms with Crippen molar-refractivity contribution in [2.24, 2.45) is 0 Å². The van der Waals surface area contributed by atoms with E-state index in [0.29, 0.717) is 24.4 Å². The van der Waals surface area contributed by atoms with Crippen LogP contribution in [0.5, 0.6) is 0 Å². The molecule has 0 bridgehead atoms. The van der Waals surface area contributed by atoms with Crippen molar-refractivity contribution in [3.8, 4) is 0 Å². The lowest BCUT2D eigenvalue weighted by molar-refractivity contribution is -0.148. The van der Waals surface area contributed by atoms with Crippen molar-refractivity contribution in [3.63, 3.8) is 0 Å². The average molecular weight is 511 g/mol. The van der Waals surface area contributed by atoms with Gasteiger partial charge in [0.1, 0.15) is 12.2 Å². The highest BCUT2D eigenvalue weighted by Crippen LogP contribution is 2.37. The molecule has 0 spiro atoms. The Morgan fingerprint density at radius 1 is 0.686 bits per heavy atom. The maximum absolute atomic E-state index is 11.3. The van der Waals surface area contributed by atoms with Gasteiger partial charge in [-0.2, -0.15) is 0 Å². The number of ether oxygens (including phenoxy) is 3. The largest absolute Gasteiger partial charge is 0.388 e. The van der Waals surface area contributed by atoms with Crippen LogP contribution in [0.25, 0.3) is 0 Å². The minimum Gasteiger partial charge on any atom is -0.388 e. The summed E-state index contributed by atoms with van der Waals surface area (Å²) in [6, 6.07) is 30.3. The van der Waals surface area contributed by atoms with Crippen LogP contribution >= 0.6 is 23.5 Å². The van der Waals surface area contributed by atoms with E-state index in [9.17, 15) is 5.11 Å².